The minimum absolute atomic E-state index is 0.0347. The van der Waals surface area contributed by atoms with E-state index in [1.807, 2.05) is 36.4 Å². The van der Waals surface area contributed by atoms with E-state index in [9.17, 15) is 13.2 Å². The van der Waals surface area contributed by atoms with Crippen molar-refractivity contribution in [2.75, 3.05) is 19.8 Å². The Balaban J connectivity index is 1.78. The zero-order valence-electron chi connectivity index (χ0n) is 21.8. The summed E-state index contributed by atoms with van der Waals surface area (Å²) in [4.78, 5) is 12.7. The maximum atomic E-state index is 12.9. The van der Waals surface area contributed by atoms with Crippen molar-refractivity contribution in [3.8, 4) is 23.0 Å². The fourth-order valence-electron chi connectivity index (χ4n) is 3.28. The smallest absolute Gasteiger partial charge is 0.339 e. The quantitative estimate of drug-likeness (QED) is 0.0846. The summed E-state index contributed by atoms with van der Waals surface area (Å²) in [5.74, 6) is 0.779. The maximum absolute atomic E-state index is 12.9. The molecule has 11 heteroatoms. The number of nitrogens with one attached hydrogen (secondary N) is 1. The van der Waals surface area contributed by atoms with E-state index in [1.165, 1.54) is 18.3 Å². The summed E-state index contributed by atoms with van der Waals surface area (Å²) in [7, 11) is -4.08. The molecule has 0 fully saturated rings. The third-order valence-corrected chi connectivity index (χ3v) is 7.11. The number of hydrogen-bond acceptors (Lipinski definition) is 8. The molecule has 0 saturated carbocycles. The lowest BCUT2D eigenvalue weighted by Gasteiger charge is -2.14. The van der Waals surface area contributed by atoms with Gasteiger partial charge in [0.2, 0.25) is 0 Å². The molecule has 1 N–H and O–H groups in total. The third kappa shape index (κ3) is 8.20. The van der Waals surface area contributed by atoms with E-state index in [0.717, 1.165) is 5.56 Å². The van der Waals surface area contributed by atoms with Crippen LogP contribution in [0.5, 0.6) is 23.0 Å². The number of carbonyl (C=O) groups is 1. The van der Waals surface area contributed by atoms with Crippen molar-refractivity contribution in [1.29, 1.82) is 0 Å². The van der Waals surface area contributed by atoms with Crippen LogP contribution in [0.1, 0.15) is 35.3 Å². The van der Waals surface area contributed by atoms with Gasteiger partial charge in [-0.3, -0.25) is 4.79 Å². The van der Waals surface area contributed by atoms with E-state index in [-0.39, 0.29) is 23.0 Å². The molecule has 1 amide bonds. The van der Waals surface area contributed by atoms with E-state index >= 15 is 0 Å². The highest BCUT2D eigenvalue weighted by atomic mass is 127. The molecular weight excluding hydrogens is 635 g/mol. The lowest BCUT2D eigenvalue weighted by atomic mass is 10.2. The number of halogens is 1. The van der Waals surface area contributed by atoms with Crippen LogP contribution in [-0.2, 0) is 10.1 Å². The van der Waals surface area contributed by atoms with Crippen LogP contribution in [0, 0.1) is 10.5 Å². The number of hydrazone groups is 1. The highest BCUT2D eigenvalue weighted by Crippen LogP contribution is 2.36. The zero-order valence-corrected chi connectivity index (χ0v) is 24.7. The molecule has 9 nitrogen and oxygen atoms in total. The molecular formula is C28H29IN2O7S. The molecule has 0 heterocycles. The predicted octanol–water partition coefficient (Wildman–Crippen LogP) is 5.49. The van der Waals surface area contributed by atoms with Gasteiger partial charge >= 0.3 is 10.1 Å². The molecule has 0 bridgehead atoms. The number of nitrogens with zero attached hydrogens (tertiary/aromatic N) is 1. The molecule has 0 unspecified atom stereocenters. The highest BCUT2D eigenvalue weighted by Gasteiger charge is 2.22. The molecule has 0 saturated heterocycles. The molecule has 0 aliphatic carbocycles. The molecule has 39 heavy (non-hydrogen) atoms. The Hall–Kier alpha value is -3.58. The first-order valence-electron chi connectivity index (χ1n) is 12.0. The van der Waals surface area contributed by atoms with E-state index in [4.69, 9.17) is 18.4 Å². The van der Waals surface area contributed by atoms with Crippen molar-refractivity contribution in [3.05, 3.63) is 87.5 Å². The lowest BCUT2D eigenvalue weighted by Crippen LogP contribution is -2.18. The average molecular weight is 665 g/mol. The van der Waals surface area contributed by atoms with Crippen LogP contribution in [0.25, 0.3) is 0 Å². The van der Waals surface area contributed by atoms with Gasteiger partial charge in [0, 0.05) is 5.56 Å². The molecule has 0 aromatic heterocycles. The second-order valence-electron chi connectivity index (χ2n) is 8.01. The van der Waals surface area contributed by atoms with Crippen LogP contribution < -0.4 is 23.8 Å². The Bertz CT molecular complexity index is 1460. The molecule has 0 aliphatic rings. The van der Waals surface area contributed by atoms with E-state index in [2.05, 4.69) is 17.1 Å². The second-order valence-corrected chi connectivity index (χ2v) is 10.7. The molecule has 3 aromatic rings. The number of aryl methyl sites for hydroxylation is 1. The topological polar surface area (TPSA) is 113 Å². The fraction of sp³-hybridized carbons (Fsp3) is 0.214. The second kappa shape index (κ2) is 14.0. The summed E-state index contributed by atoms with van der Waals surface area (Å²) < 4.78 is 48.4. The molecule has 206 valence electrons. The molecule has 3 aromatic carbocycles. The monoisotopic (exact) mass is 664 g/mol. The summed E-state index contributed by atoms with van der Waals surface area (Å²) in [6, 6.07) is 14.4. The number of carbonyl (C=O) groups excluding carboxylic acids is 1. The van der Waals surface area contributed by atoms with Crippen molar-refractivity contribution in [2.24, 2.45) is 5.10 Å². The summed E-state index contributed by atoms with van der Waals surface area (Å²) in [6.07, 6.45) is 3.04. The van der Waals surface area contributed by atoms with Crippen LogP contribution >= 0.6 is 22.6 Å². The third-order valence-electron chi connectivity index (χ3n) is 5.08. The normalized spacial score (nSPS) is 11.2. The standard InChI is InChI=1S/C28H29IN2O7S/c1-5-14-37-24-13-10-21(17-25(24)35-6-2)28(32)31-30-18-20-15-23(29)27(26(16-20)36-7-3)38-39(33,34)22-11-8-19(4)9-12-22/h5,8-13,15-18H,1,6-7,14H2,2-4H3,(H,31,32)/b30-18+. The SMILES string of the molecule is C=CCOc1ccc(C(=O)N/N=C/c2cc(I)c(OS(=O)(=O)c3ccc(C)cc3)c(OCC)c2)cc1OCC. The molecule has 0 radical (unpaired) electrons. The van der Waals surface area contributed by atoms with Gasteiger partial charge in [-0.25, -0.2) is 5.43 Å². The van der Waals surface area contributed by atoms with Gasteiger partial charge in [-0.2, -0.15) is 13.5 Å². The van der Waals surface area contributed by atoms with Gasteiger partial charge in [-0.05, 0) is 91.4 Å². The van der Waals surface area contributed by atoms with Gasteiger partial charge in [-0.1, -0.05) is 30.4 Å². The Morgan fingerprint density at radius 1 is 0.974 bits per heavy atom. The van der Waals surface area contributed by atoms with Crippen LogP contribution in [0.4, 0.5) is 0 Å². The number of rotatable bonds is 13. The molecule has 3 rings (SSSR count). The van der Waals surface area contributed by atoms with Crippen molar-refractivity contribution < 1.29 is 31.6 Å². The minimum Gasteiger partial charge on any atom is -0.490 e. The Labute approximate surface area is 242 Å². The molecule has 0 spiro atoms. The number of hydrogen-bond donors (Lipinski definition) is 1. The maximum Gasteiger partial charge on any atom is 0.339 e. The first-order valence-corrected chi connectivity index (χ1v) is 14.5. The summed E-state index contributed by atoms with van der Waals surface area (Å²) >= 11 is 1.96. The largest absolute Gasteiger partial charge is 0.490 e. The summed E-state index contributed by atoms with van der Waals surface area (Å²) in [5.41, 5.74) is 4.30. The van der Waals surface area contributed by atoms with Crippen molar-refractivity contribution in [3.63, 3.8) is 0 Å². The number of ether oxygens (including phenoxy) is 3. The minimum atomic E-state index is -4.08. The molecule has 0 aliphatic heterocycles. The van der Waals surface area contributed by atoms with Crippen molar-refractivity contribution >= 4 is 44.8 Å². The van der Waals surface area contributed by atoms with Gasteiger partial charge in [0.05, 0.1) is 23.0 Å². The Morgan fingerprint density at radius 3 is 2.33 bits per heavy atom. The van der Waals surface area contributed by atoms with Gasteiger partial charge in [0.15, 0.2) is 23.0 Å². The Morgan fingerprint density at radius 2 is 1.67 bits per heavy atom. The van der Waals surface area contributed by atoms with Gasteiger partial charge < -0.3 is 18.4 Å². The lowest BCUT2D eigenvalue weighted by molar-refractivity contribution is 0.0954. The Kier molecular flexibility index (Phi) is 10.8. The highest BCUT2D eigenvalue weighted by molar-refractivity contribution is 14.1. The number of benzene rings is 3. The van der Waals surface area contributed by atoms with E-state index in [1.54, 1.807) is 55.5 Å². The molecule has 0 atom stereocenters. The van der Waals surface area contributed by atoms with Crippen molar-refractivity contribution in [1.82, 2.24) is 5.43 Å². The average Bonchev–Trinajstić information content (AvgIpc) is 2.90. The first kappa shape index (κ1) is 30.0. The van der Waals surface area contributed by atoms with E-state index in [0.29, 0.717) is 39.4 Å². The summed E-state index contributed by atoms with van der Waals surface area (Å²) in [6.45, 7) is 10.1. The first-order chi connectivity index (χ1) is 18.7. The van der Waals surface area contributed by atoms with Crippen LogP contribution in [0.15, 0.2) is 77.2 Å². The van der Waals surface area contributed by atoms with E-state index < -0.39 is 16.0 Å². The van der Waals surface area contributed by atoms with Crippen LogP contribution in [0.2, 0.25) is 0 Å². The van der Waals surface area contributed by atoms with Crippen LogP contribution in [-0.4, -0.2) is 40.4 Å². The van der Waals surface area contributed by atoms with Gasteiger partial charge in [-0.15, -0.1) is 0 Å². The fourth-order valence-corrected chi connectivity index (χ4v) is 5.13. The van der Waals surface area contributed by atoms with Crippen LogP contribution in [0.3, 0.4) is 0 Å². The predicted molar refractivity (Wildman–Crippen MR) is 158 cm³/mol. The number of amides is 1. The van der Waals surface area contributed by atoms with Crippen molar-refractivity contribution in [2.45, 2.75) is 25.7 Å². The van der Waals surface area contributed by atoms with Gasteiger partial charge in [0.25, 0.3) is 5.91 Å². The summed E-state index contributed by atoms with van der Waals surface area (Å²) in [5, 5.41) is 4.04. The van der Waals surface area contributed by atoms with Gasteiger partial charge in [0.1, 0.15) is 11.5 Å². The zero-order chi connectivity index (χ0) is 28.4.